The minimum absolute atomic E-state index is 0.113. The summed E-state index contributed by atoms with van der Waals surface area (Å²) in [7, 11) is 3.17. The van der Waals surface area contributed by atoms with E-state index in [1.165, 1.54) is 13.2 Å². The molecule has 0 amide bonds. The summed E-state index contributed by atoms with van der Waals surface area (Å²) in [6.07, 6.45) is -0.707. The highest BCUT2D eigenvalue weighted by Crippen LogP contribution is 2.27. The molecule has 6 heteroatoms. The number of aromatic carboxylic acids is 1. The van der Waals surface area contributed by atoms with E-state index in [1.807, 2.05) is 0 Å². The van der Waals surface area contributed by atoms with Crippen LogP contribution >= 0.6 is 0 Å². The fraction of sp³-hybridized carbons (Fsp3) is 0.417. The second kappa shape index (κ2) is 6.23. The number of hydrogen-bond acceptors (Lipinski definition) is 5. The van der Waals surface area contributed by atoms with Crippen molar-refractivity contribution in [1.82, 2.24) is 0 Å². The first-order chi connectivity index (χ1) is 8.47. The van der Waals surface area contributed by atoms with Crippen LogP contribution in [-0.4, -0.2) is 49.6 Å². The lowest BCUT2D eigenvalue weighted by atomic mass is 10.1. The zero-order chi connectivity index (χ0) is 13.7. The van der Waals surface area contributed by atoms with Gasteiger partial charge in [-0.2, -0.15) is 0 Å². The molecule has 0 aliphatic carbocycles. The van der Waals surface area contributed by atoms with E-state index in [9.17, 15) is 9.90 Å². The number of methoxy groups -OCH3 is 1. The summed E-state index contributed by atoms with van der Waals surface area (Å²) < 4.78 is 4.82. The van der Waals surface area contributed by atoms with Crippen LogP contribution in [0.1, 0.15) is 10.4 Å². The summed E-state index contributed by atoms with van der Waals surface area (Å²) in [5.74, 6) is -1.05. The Bertz CT molecular complexity index is 423. The van der Waals surface area contributed by atoms with Gasteiger partial charge in [-0.05, 0) is 12.1 Å². The molecule has 1 rings (SSSR count). The highest BCUT2D eigenvalue weighted by Gasteiger charge is 2.18. The van der Waals surface area contributed by atoms with E-state index in [4.69, 9.17) is 15.6 Å². The molecule has 100 valence electrons. The van der Waals surface area contributed by atoms with Gasteiger partial charge in [0, 0.05) is 20.7 Å². The summed E-state index contributed by atoms with van der Waals surface area (Å²) in [5, 5.41) is 18.8. The Morgan fingerprint density at radius 3 is 2.78 bits per heavy atom. The van der Waals surface area contributed by atoms with E-state index >= 15 is 0 Å². The molecule has 4 N–H and O–H groups in total. The van der Waals surface area contributed by atoms with Crippen molar-refractivity contribution >= 4 is 17.3 Å². The normalized spacial score (nSPS) is 12.2. The predicted molar refractivity (Wildman–Crippen MR) is 69.0 cm³/mol. The van der Waals surface area contributed by atoms with Gasteiger partial charge >= 0.3 is 5.97 Å². The second-order valence-electron chi connectivity index (χ2n) is 4.04. The molecule has 0 saturated heterocycles. The molecule has 1 aromatic carbocycles. The number of para-hydroxylation sites is 1. The average molecular weight is 254 g/mol. The summed E-state index contributed by atoms with van der Waals surface area (Å²) in [6.45, 7) is 0.418. The molecule has 0 saturated carbocycles. The first kappa shape index (κ1) is 14.3. The quantitative estimate of drug-likeness (QED) is 0.636. The van der Waals surface area contributed by atoms with Gasteiger partial charge in [0.1, 0.15) is 0 Å². The third-order valence-electron chi connectivity index (χ3n) is 2.52. The lowest BCUT2D eigenvalue weighted by Crippen LogP contribution is -2.33. The molecule has 0 spiro atoms. The van der Waals surface area contributed by atoms with Gasteiger partial charge in [0.2, 0.25) is 0 Å². The van der Waals surface area contributed by atoms with Crippen LogP contribution in [0.5, 0.6) is 0 Å². The third-order valence-corrected chi connectivity index (χ3v) is 2.52. The first-order valence-corrected chi connectivity index (χ1v) is 5.47. The van der Waals surface area contributed by atoms with Gasteiger partial charge in [0.15, 0.2) is 0 Å². The van der Waals surface area contributed by atoms with Crippen molar-refractivity contribution in [3.05, 3.63) is 23.8 Å². The van der Waals surface area contributed by atoms with Crippen molar-refractivity contribution in [3.8, 4) is 0 Å². The van der Waals surface area contributed by atoms with Crippen molar-refractivity contribution in [1.29, 1.82) is 0 Å². The number of nitrogens with two attached hydrogens (primary N) is 1. The number of anilines is 2. The largest absolute Gasteiger partial charge is 0.478 e. The van der Waals surface area contributed by atoms with Crippen LogP contribution in [0.2, 0.25) is 0 Å². The molecular formula is C12H18N2O4. The summed E-state index contributed by atoms with van der Waals surface area (Å²) in [4.78, 5) is 12.7. The Balaban J connectivity index is 2.97. The van der Waals surface area contributed by atoms with Crippen molar-refractivity contribution in [2.45, 2.75) is 6.10 Å². The summed E-state index contributed by atoms with van der Waals surface area (Å²) in [5.41, 5.74) is 6.67. The number of ether oxygens (including phenoxy) is 1. The average Bonchev–Trinajstić information content (AvgIpc) is 2.28. The fourth-order valence-corrected chi connectivity index (χ4v) is 1.81. The van der Waals surface area contributed by atoms with E-state index in [1.54, 1.807) is 24.1 Å². The molecule has 0 aromatic heterocycles. The Labute approximate surface area is 106 Å². The number of nitrogen functional groups attached to an aromatic ring is 1. The molecule has 18 heavy (non-hydrogen) atoms. The van der Waals surface area contributed by atoms with Crippen LogP contribution in [-0.2, 0) is 4.74 Å². The lowest BCUT2D eigenvalue weighted by molar-refractivity contribution is 0.0681. The number of carboxylic acid groups (broad SMARTS) is 1. The van der Waals surface area contributed by atoms with Crippen molar-refractivity contribution in [2.24, 2.45) is 0 Å². The smallest absolute Gasteiger partial charge is 0.337 e. The van der Waals surface area contributed by atoms with Gasteiger partial charge in [0.05, 0.1) is 29.6 Å². The number of hydrogen-bond donors (Lipinski definition) is 3. The molecule has 1 unspecified atom stereocenters. The molecule has 0 aliphatic rings. The first-order valence-electron chi connectivity index (χ1n) is 5.47. The van der Waals surface area contributed by atoms with Crippen LogP contribution < -0.4 is 10.6 Å². The fourth-order valence-electron chi connectivity index (χ4n) is 1.81. The molecule has 1 atom stereocenters. The number of carbonyl (C=O) groups is 1. The van der Waals surface area contributed by atoms with Crippen molar-refractivity contribution in [2.75, 3.05) is 37.9 Å². The van der Waals surface area contributed by atoms with E-state index in [0.29, 0.717) is 11.4 Å². The topological polar surface area (TPSA) is 96.0 Å². The maximum absolute atomic E-state index is 11.1. The molecule has 0 radical (unpaired) electrons. The van der Waals surface area contributed by atoms with Crippen LogP contribution in [0.4, 0.5) is 11.4 Å². The van der Waals surface area contributed by atoms with E-state index in [2.05, 4.69) is 0 Å². The van der Waals surface area contributed by atoms with Crippen LogP contribution in [0, 0.1) is 0 Å². The van der Waals surface area contributed by atoms with Crippen molar-refractivity contribution < 1.29 is 19.7 Å². The predicted octanol–water partition coefficient (Wildman–Crippen LogP) is 0.410. The minimum Gasteiger partial charge on any atom is -0.478 e. The SMILES string of the molecule is COCC(O)CN(C)c1c(N)cccc1C(=O)O. The van der Waals surface area contributed by atoms with Crippen molar-refractivity contribution in [3.63, 3.8) is 0 Å². The minimum atomic E-state index is -1.05. The number of aliphatic hydroxyl groups is 1. The summed E-state index contributed by atoms with van der Waals surface area (Å²) in [6, 6.07) is 4.69. The second-order valence-corrected chi connectivity index (χ2v) is 4.04. The Hall–Kier alpha value is -1.79. The molecule has 0 fully saturated rings. The van der Waals surface area contributed by atoms with Gasteiger partial charge < -0.3 is 25.6 Å². The van der Waals surface area contributed by atoms with Gasteiger partial charge in [0.25, 0.3) is 0 Å². The van der Waals surface area contributed by atoms with Crippen LogP contribution in [0.3, 0.4) is 0 Å². The number of rotatable bonds is 6. The zero-order valence-electron chi connectivity index (χ0n) is 10.5. The van der Waals surface area contributed by atoms with E-state index in [-0.39, 0.29) is 18.7 Å². The summed E-state index contributed by atoms with van der Waals surface area (Å²) >= 11 is 0. The Morgan fingerprint density at radius 1 is 1.56 bits per heavy atom. The Morgan fingerprint density at radius 2 is 2.22 bits per heavy atom. The van der Waals surface area contributed by atoms with Gasteiger partial charge in [-0.25, -0.2) is 4.79 Å². The molecule has 1 aromatic rings. The van der Waals surface area contributed by atoms with E-state index in [0.717, 1.165) is 0 Å². The number of likely N-dealkylation sites (N-methyl/N-ethyl adjacent to an activating group) is 1. The third kappa shape index (κ3) is 3.35. The Kier molecular flexibility index (Phi) is 4.94. The van der Waals surface area contributed by atoms with Gasteiger partial charge in [-0.3, -0.25) is 0 Å². The monoisotopic (exact) mass is 254 g/mol. The van der Waals surface area contributed by atoms with Gasteiger partial charge in [-0.15, -0.1) is 0 Å². The number of aliphatic hydroxyl groups excluding tert-OH is 1. The molecular weight excluding hydrogens is 236 g/mol. The van der Waals surface area contributed by atoms with Crippen LogP contribution in [0.25, 0.3) is 0 Å². The number of carboxylic acids is 1. The zero-order valence-corrected chi connectivity index (χ0v) is 10.5. The standard InChI is InChI=1S/C12H18N2O4/c1-14(6-8(15)7-18-2)11-9(12(16)17)4-3-5-10(11)13/h3-5,8,15H,6-7,13H2,1-2H3,(H,16,17). The van der Waals surface area contributed by atoms with Gasteiger partial charge in [-0.1, -0.05) is 6.07 Å². The highest BCUT2D eigenvalue weighted by molar-refractivity contribution is 5.97. The van der Waals surface area contributed by atoms with E-state index < -0.39 is 12.1 Å². The number of benzene rings is 1. The molecule has 0 bridgehead atoms. The molecule has 0 aliphatic heterocycles. The molecule has 6 nitrogen and oxygen atoms in total. The maximum Gasteiger partial charge on any atom is 0.337 e. The maximum atomic E-state index is 11.1. The van der Waals surface area contributed by atoms with Crippen LogP contribution in [0.15, 0.2) is 18.2 Å². The number of nitrogens with zero attached hydrogens (tertiary/aromatic N) is 1. The lowest BCUT2D eigenvalue weighted by Gasteiger charge is -2.25. The molecule has 0 heterocycles. The highest BCUT2D eigenvalue weighted by atomic mass is 16.5.